The summed E-state index contributed by atoms with van der Waals surface area (Å²) in [5, 5.41) is 14.7. The van der Waals surface area contributed by atoms with Gasteiger partial charge in [0.1, 0.15) is 5.60 Å². The highest BCUT2D eigenvalue weighted by Crippen LogP contribution is 2.57. The molecule has 2 N–H and O–H groups in total. The Morgan fingerprint density at radius 1 is 0.882 bits per heavy atom. The van der Waals surface area contributed by atoms with Crippen molar-refractivity contribution in [3.63, 3.8) is 0 Å². The van der Waals surface area contributed by atoms with E-state index in [4.69, 9.17) is 15.4 Å². The summed E-state index contributed by atoms with van der Waals surface area (Å²) in [6.07, 6.45) is 14.2. The van der Waals surface area contributed by atoms with Crippen LogP contribution in [-0.4, -0.2) is 34.4 Å². The predicted molar refractivity (Wildman–Crippen MR) is 133 cm³/mol. The Morgan fingerprint density at radius 2 is 1.29 bits per heavy atom. The monoisotopic (exact) mass is 478 g/mol. The van der Waals surface area contributed by atoms with Crippen molar-refractivity contribution < 1.29 is 19.4 Å². The Labute approximate surface area is 205 Å². The van der Waals surface area contributed by atoms with Gasteiger partial charge in [0.05, 0.1) is 5.60 Å². The number of ether oxygens (including phenoxy) is 1. The first-order chi connectivity index (χ1) is 15.6. The van der Waals surface area contributed by atoms with Gasteiger partial charge in [-0.25, -0.2) is 4.79 Å². The number of nitrogens with one attached hydrogen (secondary N) is 1. The fourth-order valence-corrected chi connectivity index (χ4v) is 4.81. The van der Waals surface area contributed by atoms with Crippen LogP contribution in [0.2, 0.25) is 0 Å². The summed E-state index contributed by atoms with van der Waals surface area (Å²) in [5.41, 5.74) is 8.52. The molecular formula is C26H46N4O4. The summed E-state index contributed by atoms with van der Waals surface area (Å²) in [6.45, 7) is 10.9. The van der Waals surface area contributed by atoms with E-state index in [1.54, 1.807) is 20.8 Å². The molecule has 2 spiro atoms. The molecule has 2 amide bonds. The molecule has 0 aromatic heterocycles. The average molecular weight is 479 g/mol. The van der Waals surface area contributed by atoms with Crippen LogP contribution in [0.25, 0.3) is 10.4 Å². The quantitative estimate of drug-likeness (QED) is 0.257. The second kappa shape index (κ2) is 11.3. The Balaban J connectivity index is 0.000000204. The zero-order chi connectivity index (χ0) is 25.6. The Kier molecular flexibility index (Phi) is 9.45. The standard InChI is InChI=1S/C13H23NO2.C9H13N3O.C4H10O/c1-12(2,3)16-11(15)14-10-4-6-13(7-5-10)8-9-13;10-12-11-8(13)7-1-3-9(4-2-7)5-6-9;1-4(2,3)5/h10H,4-9H2,1-3H3,(H,14,15);7H,1-6H2;5H,1-3H3. The molecule has 0 aromatic carbocycles. The highest BCUT2D eigenvalue weighted by Gasteiger charge is 2.46. The third-order valence-corrected chi connectivity index (χ3v) is 7.22. The highest BCUT2D eigenvalue weighted by molar-refractivity contribution is 5.79. The van der Waals surface area contributed by atoms with E-state index >= 15 is 0 Å². The largest absolute Gasteiger partial charge is 0.444 e. The number of nitrogens with zero attached hydrogens (tertiary/aromatic N) is 3. The molecule has 0 aliphatic heterocycles. The van der Waals surface area contributed by atoms with E-state index in [0.29, 0.717) is 16.9 Å². The minimum Gasteiger partial charge on any atom is -0.444 e. The first kappa shape index (κ1) is 28.4. The number of hydrogen-bond acceptors (Lipinski definition) is 4. The summed E-state index contributed by atoms with van der Waals surface area (Å²) in [5.74, 6) is -0.236. The maximum absolute atomic E-state index is 11.6. The van der Waals surface area contributed by atoms with Crippen LogP contribution in [0, 0.1) is 16.7 Å². The fraction of sp³-hybridized carbons (Fsp3) is 0.923. The number of amides is 2. The van der Waals surface area contributed by atoms with Gasteiger partial charge in [-0.05, 0) is 140 Å². The molecule has 34 heavy (non-hydrogen) atoms. The van der Waals surface area contributed by atoms with Crippen LogP contribution < -0.4 is 5.32 Å². The van der Waals surface area contributed by atoms with Crippen LogP contribution in [0.5, 0.6) is 0 Å². The van der Waals surface area contributed by atoms with Gasteiger partial charge in [0.25, 0.3) is 0 Å². The van der Waals surface area contributed by atoms with Gasteiger partial charge in [-0.3, -0.25) is 4.79 Å². The summed E-state index contributed by atoms with van der Waals surface area (Å²) in [7, 11) is 0. The number of azide groups is 1. The Bertz CT molecular complexity index is 728. The van der Waals surface area contributed by atoms with E-state index in [0.717, 1.165) is 38.5 Å². The van der Waals surface area contributed by atoms with Crippen LogP contribution in [0.4, 0.5) is 4.79 Å². The molecule has 194 valence electrons. The maximum atomic E-state index is 11.6. The lowest BCUT2D eigenvalue weighted by Crippen LogP contribution is -2.41. The van der Waals surface area contributed by atoms with E-state index in [2.05, 4.69) is 15.3 Å². The lowest BCUT2D eigenvalue weighted by atomic mass is 9.79. The van der Waals surface area contributed by atoms with Gasteiger partial charge in [-0.2, -0.15) is 0 Å². The predicted octanol–water partition coefficient (Wildman–Crippen LogP) is 6.80. The Morgan fingerprint density at radius 3 is 1.65 bits per heavy atom. The summed E-state index contributed by atoms with van der Waals surface area (Å²) in [6, 6.07) is 0.334. The smallest absolute Gasteiger partial charge is 0.407 e. The van der Waals surface area contributed by atoms with E-state index in [9.17, 15) is 9.59 Å². The fourth-order valence-electron chi connectivity index (χ4n) is 4.81. The molecule has 4 rings (SSSR count). The van der Waals surface area contributed by atoms with Crippen LogP contribution in [0.1, 0.15) is 119 Å². The van der Waals surface area contributed by atoms with E-state index < -0.39 is 11.2 Å². The van der Waals surface area contributed by atoms with Gasteiger partial charge in [-0.1, -0.05) is 0 Å². The summed E-state index contributed by atoms with van der Waals surface area (Å²) < 4.78 is 5.26. The maximum Gasteiger partial charge on any atom is 0.407 e. The van der Waals surface area contributed by atoms with Crippen molar-refractivity contribution >= 4 is 12.0 Å². The number of carbonyl (C=O) groups excluding carboxylic acids is 2. The topological polar surface area (TPSA) is 124 Å². The van der Waals surface area contributed by atoms with E-state index in [1.165, 1.54) is 38.5 Å². The van der Waals surface area contributed by atoms with E-state index in [-0.39, 0.29) is 17.9 Å². The molecule has 8 heteroatoms. The van der Waals surface area contributed by atoms with E-state index in [1.807, 2.05) is 20.8 Å². The SMILES string of the molecule is CC(C)(C)O.CC(C)(C)OC(=O)NC1CCC2(CC1)CC2.[N-]=[N+]=NC(=O)C1CCC2(CC1)CC2. The molecule has 0 atom stereocenters. The molecule has 4 aliphatic carbocycles. The Hall–Kier alpha value is -1.79. The van der Waals surface area contributed by atoms with Gasteiger partial charge in [0.2, 0.25) is 5.91 Å². The normalized spacial score (nSPS) is 24.4. The van der Waals surface area contributed by atoms with Crippen molar-refractivity contribution in [2.75, 3.05) is 0 Å². The van der Waals surface area contributed by atoms with Crippen LogP contribution in [-0.2, 0) is 9.53 Å². The van der Waals surface area contributed by atoms with Crippen molar-refractivity contribution in [2.45, 2.75) is 136 Å². The molecular weight excluding hydrogens is 432 g/mol. The van der Waals surface area contributed by atoms with Crippen molar-refractivity contribution in [2.24, 2.45) is 21.9 Å². The minimum absolute atomic E-state index is 0.0159. The average Bonchev–Trinajstić information content (AvgIpc) is 3.62. The summed E-state index contributed by atoms with van der Waals surface area (Å²) in [4.78, 5) is 25.3. The lowest BCUT2D eigenvalue weighted by Gasteiger charge is -2.30. The third-order valence-electron chi connectivity index (χ3n) is 7.22. The van der Waals surface area contributed by atoms with Gasteiger partial charge in [0, 0.05) is 16.9 Å². The van der Waals surface area contributed by atoms with Gasteiger partial charge >= 0.3 is 6.09 Å². The van der Waals surface area contributed by atoms with Crippen LogP contribution in [0.3, 0.4) is 0 Å². The molecule has 0 bridgehead atoms. The number of hydrogen-bond donors (Lipinski definition) is 2. The zero-order valence-electron chi connectivity index (χ0n) is 22.2. The lowest BCUT2D eigenvalue weighted by molar-refractivity contribution is -0.123. The molecule has 0 heterocycles. The minimum atomic E-state index is -0.500. The molecule has 8 nitrogen and oxygen atoms in total. The van der Waals surface area contributed by atoms with Crippen molar-refractivity contribution in [3.8, 4) is 0 Å². The van der Waals surface area contributed by atoms with Crippen molar-refractivity contribution in [3.05, 3.63) is 10.4 Å². The first-order valence-electron chi connectivity index (χ1n) is 13.0. The molecule has 4 saturated carbocycles. The molecule has 0 aromatic rings. The molecule has 0 saturated heterocycles. The van der Waals surface area contributed by atoms with Crippen molar-refractivity contribution in [1.82, 2.24) is 5.32 Å². The number of alkyl carbamates (subject to hydrolysis) is 1. The number of rotatable bonds is 2. The molecule has 4 aliphatic rings. The number of carbonyl (C=O) groups is 2. The second-order valence-corrected chi connectivity index (χ2v) is 12.9. The first-order valence-corrected chi connectivity index (χ1v) is 13.0. The van der Waals surface area contributed by atoms with Gasteiger partial charge < -0.3 is 15.2 Å². The number of aliphatic hydroxyl groups is 1. The third kappa shape index (κ3) is 11.1. The molecule has 0 radical (unpaired) electrons. The zero-order valence-corrected chi connectivity index (χ0v) is 22.2. The highest BCUT2D eigenvalue weighted by atomic mass is 16.6. The van der Waals surface area contributed by atoms with Crippen LogP contribution >= 0.6 is 0 Å². The van der Waals surface area contributed by atoms with Crippen LogP contribution in [0.15, 0.2) is 5.11 Å². The molecule has 4 fully saturated rings. The van der Waals surface area contributed by atoms with Gasteiger partial charge in [0.15, 0.2) is 0 Å². The van der Waals surface area contributed by atoms with Crippen molar-refractivity contribution in [1.29, 1.82) is 0 Å². The summed E-state index contributed by atoms with van der Waals surface area (Å²) >= 11 is 0. The molecule has 0 unspecified atom stereocenters. The second-order valence-electron chi connectivity index (χ2n) is 12.9. The van der Waals surface area contributed by atoms with Gasteiger partial charge in [-0.15, -0.1) is 0 Å².